The predicted molar refractivity (Wildman–Crippen MR) is 80.4 cm³/mol. The highest BCUT2D eigenvalue weighted by Gasteiger charge is 2.24. The SMILES string of the molecule is Cc1nn(C)cc1C(=O)Nc1cc([N+](=O)[O-])c(C)c([N+](=O)[O-])c1. The number of nitro groups is 2. The normalized spacial score (nSPS) is 10.4. The molecule has 120 valence electrons. The van der Waals surface area contributed by atoms with E-state index in [2.05, 4.69) is 10.4 Å². The number of nitrogens with one attached hydrogen (secondary N) is 1. The van der Waals surface area contributed by atoms with Gasteiger partial charge in [0.1, 0.15) is 5.56 Å². The molecule has 0 aliphatic heterocycles. The van der Waals surface area contributed by atoms with Gasteiger partial charge in [0.15, 0.2) is 0 Å². The predicted octanol–water partition coefficient (Wildman–Crippen LogP) is 2.11. The van der Waals surface area contributed by atoms with Gasteiger partial charge in [-0.05, 0) is 13.8 Å². The summed E-state index contributed by atoms with van der Waals surface area (Å²) in [6.07, 6.45) is 1.49. The molecule has 0 spiro atoms. The number of aromatic nitrogens is 2. The lowest BCUT2D eigenvalue weighted by molar-refractivity contribution is -0.395. The van der Waals surface area contributed by atoms with Crippen molar-refractivity contribution in [1.29, 1.82) is 0 Å². The van der Waals surface area contributed by atoms with Crippen molar-refractivity contribution >= 4 is 23.0 Å². The summed E-state index contributed by atoms with van der Waals surface area (Å²) >= 11 is 0. The molecule has 2 rings (SSSR count). The highest BCUT2D eigenvalue weighted by Crippen LogP contribution is 2.31. The molecule has 10 nitrogen and oxygen atoms in total. The average Bonchev–Trinajstić information content (AvgIpc) is 2.78. The highest BCUT2D eigenvalue weighted by molar-refractivity contribution is 6.05. The highest BCUT2D eigenvalue weighted by atomic mass is 16.6. The Kier molecular flexibility index (Phi) is 4.08. The van der Waals surface area contributed by atoms with Crippen LogP contribution in [-0.2, 0) is 7.05 Å². The molecule has 23 heavy (non-hydrogen) atoms. The van der Waals surface area contributed by atoms with E-state index in [9.17, 15) is 25.0 Å². The Hall–Kier alpha value is -3.30. The third-order valence-corrected chi connectivity index (χ3v) is 3.26. The summed E-state index contributed by atoms with van der Waals surface area (Å²) in [5.74, 6) is -0.553. The molecular weight excluding hydrogens is 306 g/mol. The van der Waals surface area contributed by atoms with Crippen molar-refractivity contribution in [2.24, 2.45) is 7.05 Å². The van der Waals surface area contributed by atoms with E-state index in [4.69, 9.17) is 0 Å². The van der Waals surface area contributed by atoms with Crippen molar-refractivity contribution in [3.8, 4) is 0 Å². The molecule has 0 radical (unpaired) electrons. The maximum absolute atomic E-state index is 12.2. The Morgan fingerprint density at radius 2 is 1.70 bits per heavy atom. The van der Waals surface area contributed by atoms with Gasteiger partial charge in [0.2, 0.25) is 0 Å². The molecule has 0 unspecified atom stereocenters. The Morgan fingerprint density at radius 3 is 2.09 bits per heavy atom. The van der Waals surface area contributed by atoms with E-state index >= 15 is 0 Å². The number of benzene rings is 1. The summed E-state index contributed by atoms with van der Waals surface area (Å²) in [6.45, 7) is 2.92. The minimum Gasteiger partial charge on any atom is -0.321 e. The molecule has 1 amide bonds. The number of carbonyl (C=O) groups excluding carboxylic acids is 1. The summed E-state index contributed by atoms with van der Waals surface area (Å²) in [5.41, 5.74) is -0.216. The zero-order valence-electron chi connectivity index (χ0n) is 12.6. The third-order valence-electron chi connectivity index (χ3n) is 3.26. The second-order valence-corrected chi connectivity index (χ2v) is 4.91. The fourth-order valence-electron chi connectivity index (χ4n) is 2.16. The van der Waals surface area contributed by atoms with Gasteiger partial charge in [0.05, 0.1) is 26.8 Å². The van der Waals surface area contributed by atoms with Crippen LogP contribution in [0.2, 0.25) is 0 Å². The number of nitrogens with zero attached hydrogens (tertiary/aromatic N) is 4. The first-order valence-corrected chi connectivity index (χ1v) is 6.45. The second kappa shape index (κ2) is 5.83. The van der Waals surface area contributed by atoms with E-state index in [1.807, 2.05) is 0 Å². The van der Waals surface area contributed by atoms with Crippen molar-refractivity contribution in [2.45, 2.75) is 13.8 Å². The molecule has 1 aromatic heterocycles. The molecule has 10 heteroatoms. The van der Waals surface area contributed by atoms with Gasteiger partial charge in [-0.1, -0.05) is 0 Å². The van der Waals surface area contributed by atoms with Crippen LogP contribution in [0.5, 0.6) is 0 Å². The van der Waals surface area contributed by atoms with Crippen LogP contribution in [0.4, 0.5) is 17.1 Å². The summed E-state index contributed by atoms with van der Waals surface area (Å²) in [6, 6.07) is 2.18. The van der Waals surface area contributed by atoms with Gasteiger partial charge in [-0.3, -0.25) is 29.7 Å². The smallest absolute Gasteiger partial charge is 0.281 e. The minimum absolute atomic E-state index is 0.0257. The Bertz CT molecular complexity index is 791. The van der Waals surface area contributed by atoms with Crippen molar-refractivity contribution in [1.82, 2.24) is 9.78 Å². The molecule has 0 atom stereocenters. The summed E-state index contributed by atoms with van der Waals surface area (Å²) in [5, 5.41) is 28.5. The van der Waals surface area contributed by atoms with Crippen molar-refractivity contribution in [2.75, 3.05) is 5.32 Å². The van der Waals surface area contributed by atoms with E-state index in [-0.39, 0.29) is 16.8 Å². The van der Waals surface area contributed by atoms with Crippen LogP contribution in [0.3, 0.4) is 0 Å². The number of rotatable bonds is 4. The Balaban J connectivity index is 2.43. The molecule has 0 saturated carbocycles. The molecule has 0 aliphatic rings. The lowest BCUT2D eigenvalue weighted by Gasteiger charge is -2.06. The zero-order chi connectivity index (χ0) is 17.3. The van der Waals surface area contributed by atoms with Gasteiger partial charge < -0.3 is 5.32 Å². The van der Waals surface area contributed by atoms with E-state index in [1.165, 1.54) is 17.8 Å². The number of carbonyl (C=O) groups is 1. The molecule has 0 saturated heterocycles. The van der Waals surface area contributed by atoms with Gasteiger partial charge in [-0.2, -0.15) is 5.10 Å². The third kappa shape index (κ3) is 3.15. The lowest BCUT2D eigenvalue weighted by atomic mass is 10.1. The van der Waals surface area contributed by atoms with E-state index < -0.39 is 27.1 Å². The van der Waals surface area contributed by atoms with Crippen LogP contribution in [0.25, 0.3) is 0 Å². The average molecular weight is 319 g/mol. The fourth-order valence-corrected chi connectivity index (χ4v) is 2.16. The van der Waals surface area contributed by atoms with Crippen molar-refractivity contribution in [3.05, 3.63) is 55.4 Å². The van der Waals surface area contributed by atoms with Gasteiger partial charge in [-0.25, -0.2) is 0 Å². The van der Waals surface area contributed by atoms with Crippen LogP contribution < -0.4 is 5.32 Å². The molecule has 0 aliphatic carbocycles. The first-order chi connectivity index (χ1) is 10.7. The molecular formula is C13H13N5O5. The molecule has 1 aromatic carbocycles. The molecule has 1 N–H and O–H groups in total. The van der Waals surface area contributed by atoms with Crippen LogP contribution in [0, 0.1) is 34.1 Å². The van der Waals surface area contributed by atoms with E-state index in [1.54, 1.807) is 14.0 Å². The van der Waals surface area contributed by atoms with Gasteiger partial charge in [-0.15, -0.1) is 0 Å². The van der Waals surface area contributed by atoms with Gasteiger partial charge >= 0.3 is 0 Å². The quantitative estimate of drug-likeness (QED) is 0.677. The first-order valence-electron chi connectivity index (χ1n) is 6.45. The number of nitro benzene ring substituents is 2. The summed E-state index contributed by atoms with van der Waals surface area (Å²) in [7, 11) is 1.64. The maximum Gasteiger partial charge on any atom is 0.281 e. The number of aryl methyl sites for hydroxylation is 2. The monoisotopic (exact) mass is 319 g/mol. The minimum atomic E-state index is -0.729. The lowest BCUT2D eigenvalue weighted by Crippen LogP contribution is -2.13. The van der Waals surface area contributed by atoms with Gasteiger partial charge in [0.25, 0.3) is 17.3 Å². The zero-order valence-corrected chi connectivity index (χ0v) is 12.6. The molecule has 0 fully saturated rings. The van der Waals surface area contributed by atoms with Crippen LogP contribution in [0.1, 0.15) is 21.6 Å². The molecule has 2 aromatic rings. The summed E-state index contributed by atoms with van der Waals surface area (Å²) < 4.78 is 1.45. The first kappa shape index (κ1) is 16.1. The standard InChI is InChI=1S/C13H13N5O5/c1-7-11(17(20)21)4-9(5-12(7)18(22)23)14-13(19)10-6-16(3)15-8(10)2/h4-6H,1-3H3,(H,14,19). The Morgan fingerprint density at radius 1 is 1.17 bits per heavy atom. The van der Waals surface area contributed by atoms with Crippen molar-refractivity contribution in [3.63, 3.8) is 0 Å². The van der Waals surface area contributed by atoms with E-state index in [0.717, 1.165) is 12.1 Å². The number of hydrogen-bond donors (Lipinski definition) is 1. The van der Waals surface area contributed by atoms with Crippen LogP contribution in [0.15, 0.2) is 18.3 Å². The van der Waals surface area contributed by atoms with Gasteiger partial charge in [0, 0.05) is 25.4 Å². The van der Waals surface area contributed by atoms with E-state index in [0.29, 0.717) is 5.69 Å². The summed E-state index contributed by atoms with van der Waals surface area (Å²) in [4.78, 5) is 32.8. The van der Waals surface area contributed by atoms with Crippen LogP contribution >= 0.6 is 0 Å². The number of hydrogen-bond acceptors (Lipinski definition) is 6. The molecule has 0 bridgehead atoms. The maximum atomic E-state index is 12.2. The number of anilines is 1. The molecule has 1 heterocycles. The Labute approximate surface area is 130 Å². The second-order valence-electron chi connectivity index (χ2n) is 4.91. The topological polar surface area (TPSA) is 133 Å². The van der Waals surface area contributed by atoms with Crippen molar-refractivity contribution < 1.29 is 14.6 Å². The fraction of sp³-hybridized carbons (Fsp3) is 0.231. The number of amides is 1. The largest absolute Gasteiger partial charge is 0.321 e. The van der Waals surface area contributed by atoms with Crippen LogP contribution in [-0.4, -0.2) is 25.5 Å².